The van der Waals surface area contributed by atoms with Gasteiger partial charge in [0.05, 0.1) is 0 Å². The molecule has 0 heterocycles. The van der Waals surface area contributed by atoms with E-state index >= 15 is 0 Å². The van der Waals surface area contributed by atoms with Crippen molar-refractivity contribution >= 4 is 11.8 Å². The molecule has 0 aromatic heterocycles. The zero-order valence-electron chi connectivity index (χ0n) is 10.7. The van der Waals surface area contributed by atoms with Gasteiger partial charge in [-0.05, 0) is 44.0 Å². The average molecular weight is 242 g/mol. The topological polar surface area (TPSA) is 0 Å². The van der Waals surface area contributed by atoms with Gasteiger partial charge in [-0.1, -0.05) is 41.5 Å². The Bertz CT molecular complexity index is 497. The van der Waals surface area contributed by atoms with Crippen LogP contribution in [0.25, 0.3) is 0 Å². The zero-order valence-corrected chi connectivity index (χ0v) is 11.5. The van der Waals surface area contributed by atoms with Gasteiger partial charge in [-0.3, -0.25) is 0 Å². The van der Waals surface area contributed by atoms with Gasteiger partial charge >= 0.3 is 0 Å². The lowest BCUT2D eigenvalue weighted by Crippen LogP contribution is -1.87. The molecule has 2 aromatic rings. The Kier molecular flexibility index (Phi) is 3.90. The molecular formula is C16H18S. The summed E-state index contributed by atoms with van der Waals surface area (Å²) in [6.07, 6.45) is 0. The molecule has 0 bridgehead atoms. The van der Waals surface area contributed by atoms with Crippen molar-refractivity contribution in [2.75, 3.05) is 0 Å². The zero-order chi connectivity index (χ0) is 12.3. The molecule has 0 nitrogen and oxygen atoms in total. The van der Waals surface area contributed by atoms with E-state index in [2.05, 4.69) is 63.2 Å². The van der Waals surface area contributed by atoms with Crippen LogP contribution in [0, 0.1) is 20.8 Å². The van der Waals surface area contributed by atoms with Crippen molar-refractivity contribution < 1.29 is 0 Å². The standard InChI is InChI=1S/C16H18S/c1-12-5-8-16(9-6-12)17-11-15-10-13(2)4-7-14(15)3/h4-10H,11H2,1-3H3. The van der Waals surface area contributed by atoms with E-state index < -0.39 is 0 Å². The van der Waals surface area contributed by atoms with Crippen molar-refractivity contribution in [3.8, 4) is 0 Å². The van der Waals surface area contributed by atoms with Gasteiger partial charge in [0.2, 0.25) is 0 Å². The summed E-state index contributed by atoms with van der Waals surface area (Å²) in [5.74, 6) is 1.05. The molecule has 1 heteroatoms. The van der Waals surface area contributed by atoms with Crippen LogP contribution in [0.1, 0.15) is 22.3 Å². The van der Waals surface area contributed by atoms with E-state index in [1.165, 1.54) is 27.1 Å². The van der Waals surface area contributed by atoms with Crippen LogP contribution >= 0.6 is 11.8 Å². The molecule has 0 spiro atoms. The van der Waals surface area contributed by atoms with Crippen molar-refractivity contribution in [3.05, 3.63) is 64.7 Å². The lowest BCUT2D eigenvalue weighted by atomic mass is 10.1. The van der Waals surface area contributed by atoms with E-state index in [1.54, 1.807) is 0 Å². The third kappa shape index (κ3) is 3.37. The van der Waals surface area contributed by atoms with Crippen LogP contribution in [-0.2, 0) is 5.75 Å². The van der Waals surface area contributed by atoms with Gasteiger partial charge in [-0.2, -0.15) is 0 Å². The Morgan fingerprint density at radius 1 is 0.824 bits per heavy atom. The quantitative estimate of drug-likeness (QED) is 0.689. The SMILES string of the molecule is Cc1ccc(SCc2cc(C)ccc2C)cc1. The highest BCUT2D eigenvalue weighted by molar-refractivity contribution is 7.98. The highest BCUT2D eigenvalue weighted by Crippen LogP contribution is 2.25. The van der Waals surface area contributed by atoms with Crippen LogP contribution in [-0.4, -0.2) is 0 Å². The molecule has 0 radical (unpaired) electrons. The summed E-state index contributed by atoms with van der Waals surface area (Å²) in [7, 11) is 0. The molecule has 88 valence electrons. The van der Waals surface area contributed by atoms with Crippen LogP contribution in [0.4, 0.5) is 0 Å². The Balaban J connectivity index is 2.07. The maximum Gasteiger partial charge on any atom is 0.0234 e. The minimum Gasteiger partial charge on any atom is -0.121 e. The number of aryl methyl sites for hydroxylation is 3. The Labute approximate surface area is 108 Å². The monoisotopic (exact) mass is 242 g/mol. The normalized spacial score (nSPS) is 10.5. The minimum atomic E-state index is 1.05. The third-order valence-electron chi connectivity index (χ3n) is 2.92. The van der Waals surface area contributed by atoms with Crippen LogP contribution < -0.4 is 0 Å². The van der Waals surface area contributed by atoms with Crippen molar-refractivity contribution in [2.24, 2.45) is 0 Å². The molecule has 0 saturated heterocycles. The molecule has 0 aliphatic rings. The van der Waals surface area contributed by atoms with Gasteiger partial charge in [0, 0.05) is 10.6 Å². The Morgan fingerprint density at radius 3 is 2.18 bits per heavy atom. The Hall–Kier alpha value is -1.21. The first-order valence-corrected chi connectivity index (χ1v) is 6.89. The van der Waals surface area contributed by atoms with E-state index in [4.69, 9.17) is 0 Å². The Morgan fingerprint density at radius 2 is 1.47 bits per heavy atom. The van der Waals surface area contributed by atoms with Crippen LogP contribution in [0.2, 0.25) is 0 Å². The second-order valence-corrected chi connectivity index (χ2v) is 5.58. The van der Waals surface area contributed by atoms with Gasteiger partial charge in [0.1, 0.15) is 0 Å². The summed E-state index contributed by atoms with van der Waals surface area (Å²) in [5, 5.41) is 0. The van der Waals surface area contributed by atoms with E-state index in [0.717, 1.165) is 5.75 Å². The third-order valence-corrected chi connectivity index (χ3v) is 3.98. The molecule has 0 saturated carbocycles. The first kappa shape index (κ1) is 12.3. The minimum absolute atomic E-state index is 1.05. The van der Waals surface area contributed by atoms with Crippen LogP contribution in [0.5, 0.6) is 0 Å². The van der Waals surface area contributed by atoms with Crippen molar-refractivity contribution in [1.82, 2.24) is 0 Å². The van der Waals surface area contributed by atoms with Gasteiger partial charge < -0.3 is 0 Å². The predicted octanol–water partition coefficient (Wildman–Crippen LogP) is 4.90. The van der Waals surface area contributed by atoms with Crippen LogP contribution in [0.3, 0.4) is 0 Å². The molecule has 0 atom stereocenters. The fourth-order valence-electron chi connectivity index (χ4n) is 1.75. The molecule has 2 rings (SSSR count). The molecule has 17 heavy (non-hydrogen) atoms. The summed E-state index contributed by atoms with van der Waals surface area (Å²) in [5.41, 5.74) is 5.49. The average Bonchev–Trinajstić information content (AvgIpc) is 2.32. The molecule has 2 aromatic carbocycles. The molecule has 0 amide bonds. The van der Waals surface area contributed by atoms with E-state index in [-0.39, 0.29) is 0 Å². The summed E-state index contributed by atoms with van der Waals surface area (Å²) in [6, 6.07) is 15.4. The van der Waals surface area contributed by atoms with E-state index in [1.807, 2.05) is 11.8 Å². The summed E-state index contributed by atoms with van der Waals surface area (Å²) in [6.45, 7) is 6.46. The second kappa shape index (κ2) is 5.42. The number of rotatable bonds is 3. The molecule has 0 aliphatic heterocycles. The maximum atomic E-state index is 2.29. The smallest absolute Gasteiger partial charge is 0.0234 e. The highest BCUT2D eigenvalue weighted by Gasteiger charge is 2.00. The molecule has 0 unspecified atom stereocenters. The van der Waals surface area contributed by atoms with Gasteiger partial charge in [0.25, 0.3) is 0 Å². The molecular weight excluding hydrogens is 224 g/mol. The lowest BCUT2D eigenvalue weighted by Gasteiger charge is -2.07. The van der Waals surface area contributed by atoms with Gasteiger partial charge in [-0.25, -0.2) is 0 Å². The van der Waals surface area contributed by atoms with Crippen LogP contribution in [0.15, 0.2) is 47.4 Å². The number of hydrogen-bond acceptors (Lipinski definition) is 1. The lowest BCUT2D eigenvalue weighted by molar-refractivity contribution is 1.27. The fraction of sp³-hybridized carbons (Fsp3) is 0.250. The number of benzene rings is 2. The van der Waals surface area contributed by atoms with Gasteiger partial charge in [-0.15, -0.1) is 11.8 Å². The summed E-state index contributed by atoms with van der Waals surface area (Å²) >= 11 is 1.91. The predicted molar refractivity (Wildman–Crippen MR) is 76.7 cm³/mol. The molecule has 0 N–H and O–H groups in total. The number of thioether (sulfide) groups is 1. The van der Waals surface area contributed by atoms with Crippen molar-refractivity contribution in [2.45, 2.75) is 31.4 Å². The largest absolute Gasteiger partial charge is 0.121 e. The molecule has 0 aliphatic carbocycles. The second-order valence-electron chi connectivity index (χ2n) is 4.53. The van der Waals surface area contributed by atoms with E-state index in [9.17, 15) is 0 Å². The van der Waals surface area contributed by atoms with Crippen molar-refractivity contribution in [1.29, 1.82) is 0 Å². The summed E-state index contributed by atoms with van der Waals surface area (Å²) < 4.78 is 0. The highest BCUT2D eigenvalue weighted by atomic mass is 32.2. The van der Waals surface area contributed by atoms with Crippen molar-refractivity contribution in [3.63, 3.8) is 0 Å². The fourth-order valence-corrected chi connectivity index (χ4v) is 2.71. The van der Waals surface area contributed by atoms with Gasteiger partial charge in [0.15, 0.2) is 0 Å². The molecule has 0 fully saturated rings. The first-order valence-electron chi connectivity index (χ1n) is 5.91. The van der Waals surface area contributed by atoms with E-state index in [0.29, 0.717) is 0 Å². The summed E-state index contributed by atoms with van der Waals surface area (Å²) in [4.78, 5) is 1.34. The first-order chi connectivity index (χ1) is 8.15. The maximum absolute atomic E-state index is 2.29. The number of hydrogen-bond donors (Lipinski definition) is 0.